The second-order valence-electron chi connectivity index (χ2n) is 4.20. The first-order valence-corrected chi connectivity index (χ1v) is 6.90. The number of hydrogen-bond acceptors (Lipinski definition) is 5. The first-order chi connectivity index (χ1) is 10.2. The minimum atomic E-state index is -0.378. The highest BCUT2D eigenvalue weighted by molar-refractivity contribution is 6.30. The van der Waals surface area contributed by atoms with E-state index in [0.29, 0.717) is 24.7 Å². The fraction of sp³-hybridized carbons (Fsp3) is 0.267. The van der Waals surface area contributed by atoms with Gasteiger partial charge in [0, 0.05) is 0 Å². The zero-order valence-electron chi connectivity index (χ0n) is 11.6. The Morgan fingerprint density at radius 2 is 2.00 bits per heavy atom. The predicted molar refractivity (Wildman–Crippen MR) is 78.2 cm³/mol. The van der Waals surface area contributed by atoms with Gasteiger partial charge < -0.3 is 9.47 Å². The molecule has 0 aliphatic heterocycles. The Balaban J connectivity index is 2.12. The van der Waals surface area contributed by atoms with Crippen LogP contribution in [0.3, 0.4) is 0 Å². The third kappa shape index (κ3) is 4.43. The van der Waals surface area contributed by atoms with E-state index in [0.717, 1.165) is 5.56 Å². The molecule has 1 aromatic heterocycles. The molecule has 0 aliphatic rings. The largest absolute Gasteiger partial charge is 0.484 e. The van der Waals surface area contributed by atoms with Crippen molar-refractivity contribution in [2.75, 3.05) is 6.61 Å². The van der Waals surface area contributed by atoms with E-state index in [9.17, 15) is 4.79 Å². The number of hydrogen-bond donors (Lipinski definition) is 0. The van der Waals surface area contributed by atoms with Crippen LogP contribution in [0.15, 0.2) is 36.7 Å². The average molecular weight is 307 g/mol. The van der Waals surface area contributed by atoms with Crippen molar-refractivity contribution in [3.63, 3.8) is 0 Å². The van der Waals surface area contributed by atoms with E-state index >= 15 is 0 Å². The number of ether oxygens (including phenoxy) is 2. The SMILES string of the molecule is CCOC(=O)Cc1ncnc(Cl)c1OCc1ccccc1. The number of nitrogens with zero attached hydrogens (tertiary/aromatic N) is 2. The summed E-state index contributed by atoms with van der Waals surface area (Å²) in [5.74, 6) is -0.0621. The van der Waals surface area contributed by atoms with Crippen LogP contribution >= 0.6 is 11.6 Å². The van der Waals surface area contributed by atoms with Crippen molar-refractivity contribution >= 4 is 17.6 Å². The first-order valence-electron chi connectivity index (χ1n) is 6.52. The zero-order valence-corrected chi connectivity index (χ0v) is 12.3. The summed E-state index contributed by atoms with van der Waals surface area (Å²) in [7, 11) is 0. The Bertz CT molecular complexity index is 605. The number of esters is 1. The summed E-state index contributed by atoms with van der Waals surface area (Å²) in [4.78, 5) is 19.5. The summed E-state index contributed by atoms with van der Waals surface area (Å²) >= 11 is 6.03. The van der Waals surface area contributed by atoms with Crippen LogP contribution in [0.2, 0.25) is 5.15 Å². The van der Waals surface area contributed by atoms with Crippen LogP contribution < -0.4 is 4.74 Å². The van der Waals surface area contributed by atoms with Crippen LogP contribution in [0.5, 0.6) is 5.75 Å². The second-order valence-corrected chi connectivity index (χ2v) is 4.55. The molecular formula is C15H15ClN2O3. The van der Waals surface area contributed by atoms with Gasteiger partial charge in [-0.3, -0.25) is 4.79 Å². The molecule has 0 unspecified atom stereocenters. The Kier molecular flexibility index (Phi) is 5.51. The van der Waals surface area contributed by atoms with Gasteiger partial charge in [-0.2, -0.15) is 0 Å². The van der Waals surface area contributed by atoms with Gasteiger partial charge in [-0.15, -0.1) is 0 Å². The van der Waals surface area contributed by atoms with Gasteiger partial charge in [0.15, 0.2) is 10.9 Å². The van der Waals surface area contributed by atoms with Crippen molar-refractivity contribution in [2.45, 2.75) is 20.0 Å². The lowest BCUT2D eigenvalue weighted by Gasteiger charge is -2.11. The Labute approximate surface area is 127 Å². The normalized spacial score (nSPS) is 10.2. The molecule has 2 aromatic rings. The maximum absolute atomic E-state index is 11.6. The van der Waals surface area contributed by atoms with Gasteiger partial charge >= 0.3 is 5.97 Å². The Hall–Kier alpha value is -2.14. The van der Waals surface area contributed by atoms with Crippen LogP contribution in [0, 0.1) is 0 Å². The van der Waals surface area contributed by atoms with Crippen molar-refractivity contribution in [2.24, 2.45) is 0 Å². The van der Waals surface area contributed by atoms with Crippen LogP contribution in [-0.4, -0.2) is 22.5 Å². The molecule has 6 heteroatoms. The third-order valence-electron chi connectivity index (χ3n) is 2.68. The molecular weight excluding hydrogens is 292 g/mol. The van der Waals surface area contributed by atoms with Crippen molar-refractivity contribution in [1.29, 1.82) is 0 Å². The summed E-state index contributed by atoms with van der Waals surface area (Å²) in [6.45, 7) is 2.39. The molecule has 0 amide bonds. The molecule has 1 aromatic carbocycles. The number of rotatable bonds is 6. The highest BCUT2D eigenvalue weighted by Crippen LogP contribution is 2.26. The van der Waals surface area contributed by atoms with E-state index in [-0.39, 0.29) is 17.5 Å². The van der Waals surface area contributed by atoms with E-state index in [4.69, 9.17) is 21.1 Å². The van der Waals surface area contributed by atoms with Gasteiger partial charge in [-0.05, 0) is 12.5 Å². The minimum Gasteiger partial charge on any atom is -0.484 e. The number of aromatic nitrogens is 2. The summed E-state index contributed by atoms with van der Waals surface area (Å²) in [5.41, 5.74) is 1.41. The predicted octanol–water partition coefficient (Wildman–Crippen LogP) is 2.81. The van der Waals surface area contributed by atoms with E-state index < -0.39 is 0 Å². The third-order valence-corrected chi connectivity index (χ3v) is 2.95. The van der Waals surface area contributed by atoms with E-state index in [1.165, 1.54) is 6.33 Å². The van der Waals surface area contributed by atoms with E-state index in [1.807, 2.05) is 30.3 Å². The van der Waals surface area contributed by atoms with Gasteiger partial charge in [0.25, 0.3) is 0 Å². The zero-order chi connectivity index (χ0) is 15.1. The maximum Gasteiger partial charge on any atom is 0.312 e. The Morgan fingerprint density at radius 1 is 1.24 bits per heavy atom. The highest BCUT2D eigenvalue weighted by atomic mass is 35.5. The van der Waals surface area contributed by atoms with Crippen LogP contribution in [0.1, 0.15) is 18.2 Å². The summed E-state index contributed by atoms with van der Waals surface area (Å²) in [5, 5.41) is 0.181. The van der Waals surface area contributed by atoms with Crippen LogP contribution in [0.25, 0.3) is 0 Å². The number of benzene rings is 1. The molecule has 21 heavy (non-hydrogen) atoms. The molecule has 110 valence electrons. The lowest BCUT2D eigenvalue weighted by atomic mass is 10.2. The van der Waals surface area contributed by atoms with Gasteiger partial charge in [-0.25, -0.2) is 9.97 Å². The molecule has 0 bridgehead atoms. The molecule has 1 heterocycles. The molecule has 0 saturated heterocycles. The van der Waals surface area contributed by atoms with Crippen LogP contribution in [0.4, 0.5) is 0 Å². The fourth-order valence-corrected chi connectivity index (χ4v) is 1.94. The number of halogens is 1. The Morgan fingerprint density at radius 3 is 2.71 bits per heavy atom. The van der Waals surface area contributed by atoms with Crippen molar-refractivity contribution < 1.29 is 14.3 Å². The molecule has 0 aliphatic carbocycles. The molecule has 5 nitrogen and oxygen atoms in total. The molecule has 0 N–H and O–H groups in total. The molecule has 0 radical (unpaired) electrons. The van der Waals surface area contributed by atoms with E-state index in [1.54, 1.807) is 6.92 Å². The average Bonchev–Trinajstić information content (AvgIpc) is 2.48. The lowest BCUT2D eigenvalue weighted by Crippen LogP contribution is -2.11. The standard InChI is InChI=1S/C15H15ClN2O3/c1-2-20-13(19)8-12-14(15(16)18-10-17-12)21-9-11-6-4-3-5-7-11/h3-7,10H,2,8-9H2,1H3. The molecule has 0 saturated carbocycles. The fourth-order valence-electron chi connectivity index (χ4n) is 1.73. The molecule has 2 rings (SSSR count). The minimum absolute atomic E-state index is 0.000201. The number of carbonyl (C=O) groups is 1. The van der Waals surface area contributed by atoms with Gasteiger partial charge in [0.2, 0.25) is 0 Å². The molecule has 0 atom stereocenters. The monoisotopic (exact) mass is 306 g/mol. The van der Waals surface area contributed by atoms with Gasteiger partial charge in [0.1, 0.15) is 12.9 Å². The summed E-state index contributed by atoms with van der Waals surface area (Å²) in [6.07, 6.45) is 1.30. The molecule has 0 fully saturated rings. The van der Waals surface area contributed by atoms with Gasteiger partial charge in [0.05, 0.1) is 18.7 Å². The smallest absolute Gasteiger partial charge is 0.312 e. The van der Waals surface area contributed by atoms with Crippen molar-refractivity contribution in [3.8, 4) is 5.75 Å². The van der Waals surface area contributed by atoms with Crippen molar-refractivity contribution in [3.05, 3.63) is 53.1 Å². The van der Waals surface area contributed by atoms with E-state index in [2.05, 4.69) is 9.97 Å². The quantitative estimate of drug-likeness (QED) is 0.606. The summed E-state index contributed by atoms with van der Waals surface area (Å²) in [6, 6.07) is 9.63. The second kappa shape index (κ2) is 7.59. The molecule has 0 spiro atoms. The van der Waals surface area contributed by atoms with Crippen molar-refractivity contribution in [1.82, 2.24) is 9.97 Å². The highest BCUT2D eigenvalue weighted by Gasteiger charge is 2.15. The maximum atomic E-state index is 11.6. The summed E-state index contributed by atoms with van der Waals surface area (Å²) < 4.78 is 10.6. The van der Waals surface area contributed by atoms with Gasteiger partial charge in [-0.1, -0.05) is 41.9 Å². The number of carbonyl (C=O) groups excluding carboxylic acids is 1. The lowest BCUT2D eigenvalue weighted by molar-refractivity contribution is -0.142. The first kappa shape index (κ1) is 15.3. The topological polar surface area (TPSA) is 61.3 Å². The van der Waals surface area contributed by atoms with Crippen LogP contribution in [-0.2, 0) is 22.6 Å².